The number of β-lactam (4-membered cyclic amide) rings is 1. The van der Waals surface area contributed by atoms with Crippen LogP contribution < -0.4 is 5.32 Å². The van der Waals surface area contributed by atoms with Crippen LogP contribution in [0.2, 0.25) is 0 Å². The predicted molar refractivity (Wildman–Crippen MR) is 99.1 cm³/mol. The second kappa shape index (κ2) is 7.53. The SMILES string of the molecule is CC(=O)OCC1=C(C(=O)O)N2C(=O)[C@@](Cl)(NC(=O)Cc3cccs3)[C@H]2SC1. The molecule has 2 amide bonds. The average Bonchev–Trinajstić information content (AvgIpc) is 3.11. The standard InChI is InChI=1S/C16H15ClN2O6S2/c1-8(20)25-6-9-7-27-15-16(17,14(24)19(15)12(9)13(22)23)18-11(21)5-10-3-2-4-26-10/h2-4,15H,5-7H2,1H3,(H,18,21)(H,22,23)/t15-,16-/m1/s1. The number of hydrogen-bond donors (Lipinski definition) is 2. The summed E-state index contributed by atoms with van der Waals surface area (Å²) in [6.07, 6.45) is 0.0795. The molecule has 1 saturated heterocycles. The van der Waals surface area contributed by atoms with E-state index in [1.807, 2.05) is 11.4 Å². The maximum Gasteiger partial charge on any atom is 0.352 e. The molecule has 0 aliphatic carbocycles. The Bertz CT molecular complexity index is 840. The van der Waals surface area contributed by atoms with Crippen LogP contribution in [0.4, 0.5) is 0 Å². The van der Waals surface area contributed by atoms with Gasteiger partial charge in [0.25, 0.3) is 5.91 Å². The molecule has 144 valence electrons. The van der Waals surface area contributed by atoms with Crippen molar-refractivity contribution in [3.8, 4) is 0 Å². The molecule has 2 atom stereocenters. The van der Waals surface area contributed by atoms with Gasteiger partial charge in [0.05, 0.1) is 6.42 Å². The fraction of sp³-hybridized carbons (Fsp3) is 0.375. The van der Waals surface area contributed by atoms with Crippen LogP contribution in [0.25, 0.3) is 0 Å². The van der Waals surface area contributed by atoms with Crippen LogP contribution in [0.15, 0.2) is 28.8 Å². The summed E-state index contributed by atoms with van der Waals surface area (Å²) >= 11 is 8.98. The quantitative estimate of drug-likeness (QED) is 0.301. The largest absolute Gasteiger partial charge is 0.477 e. The summed E-state index contributed by atoms with van der Waals surface area (Å²) in [7, 11) is 0. The highest BCUT2D eigenvalue weighted by molar-refractivity contribution is 8.00. The number of thioether (sulfide) groups is 1. The minimum absolute atomic E-state index is 0.0795. The van der Waals surface area contributed by atoms with E-state index in [9.17, 15) is 24.3 Å². The summed E-state index contributed by atoms with van der Waals surface area (Å²) in [5, 5.41) is 13.1. The number of halogens is 1. The Morgan fingerprint density at radius 2 is 2.22 bits per heavy atom. The van der Waals surface area contributed by atoms with Crippen molar-refractivity contribution in [2.24, 2.45) is 0 Å². The van der Waals surface area contributed by atoms with Crippen molar-refractivity contribution in [2.45, 2.75) is 23.7 Å². The van der Waals surface area contributed by atoms with Gasteiger partial charge in [0.2, 0.25) is 10.9 Å². The van der Waals surface area contributed by atoms with Crippen LogP contribution in [0.3, 0.4) is 0 Å². The number of ether oxygens (including phenoxy) is 1. The van der Waals surface area contributed by atoms with Gasteiger partial charge < -0.3 is 15.2 Å². The maximum absolute atomic E-state index is 12.6. The summed E-state index contributed by atoms with van der Waals surface area (Å²) in [5.41, 5.74) is 0.0460. The van der Waals surface area contributed by atoms with Gasteiger partial charge in [0, 0.05) is 23.1 Å². The minimum atomic E-state index is -1.70. The van der Waals surface area contributed by atoms with E-state index in [0.717, 1.165) is 9.78 Å². The predicted octanol–water partition coefficient (Wildman–Crippen LogP) is 1.16. The van der Waals surface area contributed by atoms with E-state index >= 15 is 0 Å². The van der Waals surface area contributed by atoms with Gasteiger partial charge >= 0.3 is 11.9 Å². The highest BCUT2D eigenvalue weighted by Crippen LogP contribution is 2.48. The molecule has 3 rings (SSSR count). The van der Waals surface area contributed by atoms with Crippen molar-refractivity contribution in [3.63, 3.8) is 0 Å². The van der Waals surface area contributed by atoms with E-state index in [-0.39, 0.29) is 24.5 Å². The number of hydrogen-bond acceptors (Lipinski definition) is 7. The molecule has 1 aromatic heterocycles. The number of esters is 1. The van der Waals surface area contributed by atoms with Crippen molar-refractivity contribution in [3.05, 3.63) is 33.7 Å². The van der Waals surface area contributed by atoms with Gasteiger partial charge in [0.1, 0.15) is 17.7 Å². The van der Waals surface area contributed by atoms with Crippen LogP contribution in [-0.4, -0.2) is 56.5 Å². The number of nitrogens with one attached hydrogen (secondary N) is 1. The Kier molecular flexibility index (Phi) is 5.50. The third-order valence-corrected chi connectivity index (χ3v) is 6.85. The topological polar surface area (TPSA) is 113 Å². The molecule has 11 heteroatoms. The van der Waals surface area contributed by atoms with Crippen molar-refractivity contribution < 1.29 is 29.0 Å². The molecule has 2 N–H and O–H groups in total. The number of amides is 2. The second-order valence-electron chi connectivity index (χ2n) is 5.89. The lowest BCUT2D eigenvalue weighted by atomic mass is 10.0. The molecule has 1 aromatic rings. The van der Waals surface area contributed by atoms with E-state index in [1.165, 1.54) is 30.0 Å². The molecule has 2 aliphatic heterocycles. The first-order chi connectivity index (χ1) is 12.7. The molecule has 8 nitrogen and oxygen atoms in total. The lowest BCUT2D eigenvalue weighted by Crippen LogP contribution is -2.77. The van der Waals surface area contributed by atoms with Crippen LogP contribution in [-0.2, 0) is 30.3 Å². The van der Waals surface area contributed by atoms with E-state index in [0.29, 0.717) is 5.57 Å². The maximum atomic E-state index is 12.6. The summed E-state index contributed by atoms with van der Waals surface area (Å²) < 4.78 is 4.87. The molecular weight excluding hydrogens is 416 g/mol. The first-order valence-corrected chi connectivity index (χ1v) is 10.1. The second-order valence-corrected chi connectivity index (χ2v) is 8.59. The van der Waals surface area contributed by atoms with Gasteiger partial charge in [0.15, 0.2) is 0 Å². The highest BCUT2D eigenvalue weighted by atomic mass is 35.5. The zero-order chi connectivity index (χ0) is 19.8. The van der Waals surface area contributed by atoms with Gasteiger partial charge in [-0.3, -0.25) is 19.3 Å². The molecule has 0 aromatic carbocycles. The van der Waals surface area contributed by atoms with Crippen LogP contribution in [0.5, 0.6) is 0 Å². The number of rotatable bonds is 6. The summed E-state index contributed by atoms with van der Waals surface area (Å²) in [4.78, 5) is 47.7. The number of carbonyl (C=O) groups is 4. The number of carboxylic acids is 1. The third kappa shape index (κ3) is 3.69. The molecule has 3 heterocycles. The van der Waals surface area contributed by atoms with Crippen molar-refractivity contribution in [2.75, 3.05) is 12.4 Å². The number of aliphatic carboxylic acids is 1. The van der Waals surface area contributed by atoms with Crippen LogP contribution >= 0.6 is 34.7 Å². The molecular formula is C16H15ClN2O6S2. The number of carbonyl (C=O) groups excluding carboxylic acids is 3. The Balaban J connectivity index is 1.76. The minimum Gasteiger partial charge on any atom is -0.477 e. The normalized spacial score (nSPS) is 24.1. The van der Waals surface area contributed by atoms with Crippen molar-refractivity contribution >= 4 is 58.5 Å². The Morgan fingerprint density at radius 3 is 2.81 bits per heavy atom. The number of fused-ring (bicyclic) bond motifs is 1. The lowest BCUT2D eigenvalue weighted by molar-refractivity contribution is -0.153. The van der Waals surface area contributed by atoms with Gasteiger partial charge in [-0.2, -0.15) is 0 Å². The first kappa shape index (κ1) is 19.7. The molecule has 0 spiro atoms. The number of thiophene rings is 1. The van der Waals surface area contributed by atoms with Gasteiger partial charge in [-0.15, -0.1) is 23.1 Å². The van der Waals surface area contributed by atoms with Gasteiger partial charge in [-0.25, -0.2) is 4.79 Å². The Labute approximate surface area is 167 Å². The van der Waals surface area contributed by atoms with Crippen molar-refractivity contribution in [1.29, 1.82) is 0 Å². The molecule has 1 fully saturated rings. The molecule has 0 radical (unpaired) electrons. The third-order valence-electron chi connectivity index (χ3n) is 3.98. The number of carboxylic acid groups (broad SMARTS) is 1. The fourth-order valence-electron chi connectivity index (χ4n) is 2.81. The Morgan fingerprint density at radius 1 is 1.48 bits per heavy atom. The molecule has 0 bridgehead atoms. The zero-order valence-electron chi connectivity index (χ0n) is 14.1. The summed E-state index contributed by atoms with van der Waals surface area (Å²) in [6.45, 7) is 0.988. The Hall–Kier alpha value is -2.04. The van der Waals surface area contributed by atoms with Crippen molar-refractivity contribution in [1.82, 2.24) is 10.2 Å². The van der Waals surface area contributed by atoms with E-state index in [2.05, 4.69) is 5.32 Å². The monoisotopic (exact) mass is 430 g/mol. The summed E-state index contributed by atoms with van der Waals surface area (Å²) in [6, 6.07) is 3.60. The van der Waals surface area contributed by atoms with E-state index in [4.69, 9.17) is 16.3 Å². The smallest absolute Gasteiger partial charge is 0.352 e. The summed E-state index contributed by atoms with van der Waals surface area (Å²) in [5.74, 6) is -2.81. The van der Waals surface area contributed by atoms with E-state index < -0.39 is 34.1 Å². The van der Waals surface area contributed by atoms with Gasteiger partial charge in [-0.1, -0.05) is 17.7 Å². The molecule has 27 heavy (non-hydrogen) atoms. The molecule has 2 aliphatic rings. The number of nitrogens with zero attached hydrogens (tertiary/aromatic N) is 1. The zero-order valence-corrected chi connectivity index (χ0v) is 16.4. The van der Waals surface area contributed by atoms with Gasteiger partial charge in [-0.05, 0) is 11.4 Å². The molecule has 0 saturated carbocycles. The highest BCUT2D eigenvalue weighted by Gasteiger charge is 2.65. The average molecular weight is 431 g/mol. The lowest BCUT2D eigenvalue weighted by Gasteiger charge is -2.54. The fourth-order valence-corrected chi connectivity index (χ4v) is 5.32. The van der Waals surface area contributed by atoms with Crippen LogP contribution in [0, 0.1) is 0 Å². The first-order valence-electron chi connectivity index (χ1n) is 7.80. The van der Waals surface area contributed by atoms with Crippen LogP contribution in [0.1, 0.15) is 11.8 Å². The van der Waals surface area contributed by atoms with E-state index in [1.54, 1.807) is 6.07 Å². The molecule has 0 unspecified atom stereocenters. The number of alkyl halides is 1.